The average molecular weight is 524 g/mol. The number of nitrogens with one attached hydrogen (secondary N) is 1. The Morgan fingerprint density at radius 2 is 1.81 bits per heavy atom. The summed E-state index contributed by atoms with van der Waals surface area (Å²) in [7, 11) is 0. The zero-order valence-corrected chi connectivity index (χ0v) is 19.2. The van der Waals surface area contributed by atoms with Crippen molar-refractivity contribution in [2.24, 2.45) is 5.73 Å². The van der Waals surface area contributed by atoms with Crippen LogP contribution in [0.5, 0.6) is 5.75 Å². The highest BCUT2D eigenvalue weighted by Gasteiger charge is 2.35. The minimum Gasteiger partial charge on any atom is -0.486 e. The van der Waals surface area contributed by atoms with Crippen LogP contribution in [0.4, 0.5) is 17.6 Å². The highest BCUT2D eigenvalue weighted by atomic mass is 35.5. The van der Waals surface area contributed by atoms with Crippen LogP contribution in [0.2, 0.25) is 5.02 Å². The lowest BCUT2D eigenvalue weighted by atomic mass is 10.0. The van der Waals surface area contributed by atoms with Crippen LogP contribution in [-0.2, 0) is 22.7 Å². The number of aromatic nitrogens is 1. The number of carbonyl (C=O) groups is 2. The third-order valence-electron chi connectivity index (χ3n) is 5.76. The number of primary amides is 1. The van der Waals surface area contributed by atoms with Crippen molar-refractivity contribution in [3.63, 3.8) is 0 Å². The van der Waals surface area contributed by atoms with Crippen LogP contribution in [0.3, 0.4) is 0 Å². The van der Waals surface area contributed by atoms with E-state index in [1.165, 1.54) is 0 Å². The number of carbonyl (C=O) groups excluding carboxylic acids is 2. The maximum Gasteiger partial charge on any atom is 0.270 e. The van der Waals surface area contributed by atoms with Gasteiger partial charge in [0.2, 0.25) is 11.8 Å². The van der Waals surface area contributed by atoms with Crippen molar-refractivity contribution in [1.82, 2.24) is 9.88 Å². The number of hydrogen-bond donors (Lipinski definition) is 2. The molecule has 0 unspecified atom stereocenters. The quantitative estimate of drug-likeness (QED) is 0.459. The van der Waals surface area contributed by atoms with E-state index in [2.05, 4.69) is 4.98 Å². The first kappa shape index (κ1) is 25.2. The number of amides is 2. The van der Waals surface area contributed by atoms with Gasteiger partial charge < -0.3 is 20.4 Å². The lowest BCUT2D eigenvalue weighted by Gasteiger charge is -2.23. The van der Waals surface area contributed by atoms with Crippen molar-refractivity contribution in [3.05, 3.63) is 86.3 Å². The van der Waals surface area contributed by atoms with E-state index < -0.39 is 63.7 Å². The van der Waals surface area contributed by atoms with Crippen LogP contribution in [0.1, 0.15) is 24.0 Å². The van der Waals surface area contributed by atoms with Crippen LogP contribution in [0.15, 0.2) is 41.3 Å². The summed E-state index contributed by atoms with van der Waals surface area (Å²) >= 11 is 6.04. The van der Waals surface area contributed by atoms with E-state index in [4.69, 9.17) is 22.1 Å². The Balaban J connectivity index is 1.68. The molecule has 2 aromatic carbocycles. The smallest absolute Gasteiger partial charge is 0.270 e. The maximum atomic E-state index is 15.2. The van der Waals surface area contributed by atoms with Gasteiger partial charge in [0.05, 0.1) is 5.56 Å². The number of hydrogen-bond acceptors (Lipinski definition) is 4. The maximum absolute atomic E-state index is 15.2. The number of ether oxygens (including phenoxy) is 1. The molecule has 0 bridgehead atoms. The fourth-order valence-corrected chi connectivity index (χ4v) is 4.21. The van der Waals surface area contributed by atoms with Crippen LogP contribution < -0.4 is 16.0 Å². The number of likely N-dealkylation sites (tertiary alicyclic amines) is 1. The number of rotatable bonds is 7. The van der Waals surface area contributed by atoms with Gasteiger partial charge in [0.1, 0.15) is 40.9 Å². The molecular formula is C24H18ClF4N3O4. The molecule has 0 radical (unpaired) electrons. The molecule has 3 aromatic rings. The van der Waals surface area contributed by atoms with Gasteiger partial charge >= 0.3 is 0 Å². The molecule has 0 saturated carbocycles. The van der Waals surface area contributed by atoms with Crippen molar-refractivity contribution in [1.29, 1.82) is 0 Å². The molecule has 188 valence electrons. The third-order valence-corrected chi connectivity index (χ3v) is 6.10. The van der Waals surface area contributed by atoms with E-state index in [0.717, 1.165) is 35.4 Å². The Kier molecular flexibility index (Phi) is 7.02. The molecule has 1 aliphatic heterocycles. The molecule has 2 heterocycles. The first-order valence-electron chi connectivity index (χ1n) is 10.6. The average Bonchev–Trinajstić information content (AvgIpc) is 3.16. The summed E-state index contributed by atoms with van der Waals surface area (Å²) < 4.78 is 63.0. The first-order valence-corrected chi connectivity index (χ1v) is 11.0. The molecule has 2 amide bonds. The molecule has 0 spiro atoms. The Morgan fingerprint density at radius 3 is 2.44 bits per heavy atom. The molecule has 1 atom stereocenters. The second-order valence-corrected chi connectivity index (χ2v) is 8.49. The van der Waals surface area contributed by atoms with Crippen molar-refractivity contribution in [2.75, 3.05) is 0 Å². The summed E-state index contributed by atoms with van der Waals surface area (Å²) in [5.74, 6) is -5.40. The Morgan fingerprint density at radius 1 is 1.11 bits per heavy atom. The predicted octanol–water partition coefficient (Wildman–Crippen LogP) is 3.81. The van der Waals surface area contributed by atoms with Gasteiger partial charge in [-0.1, -0.05) is 11.6 Å². The Labute approximate surface area is 206 Å². The van der Waals surface area contributed by atoms with Gasteiger partial charge in [0, 0.05) is 36.4 Å². The molecule has 7 nitrogen and oxygen atoms in total. The molecule has 36 heavy (non-hydrogen) atoms. The summed E-state index contributed by atoms with van der Waals surface area (Å²) in [6.45, 7) is -0.769. The van der Waals surface area contributed by atoms with Crippen molar-refractivity contribution < 1.29 is 31.9 Å². The second kappa shape index (κ2) is 10.0. The zero-order valence-electron chi connectivity index (χ0n) is 18.4. The molecule has 1 aromatic heterocycles. The fourth-order valence-electron chi connectivity index (χ4n) is 4.00. The number of pyridine rings is 1. The number of benzene rings is 2. The third kappa shape index (κ3) is 4.92. The summed E-state index contributed by atoms with van der Waals surface area (Å²) in [5, 5.41) is -0.537. The van der Waals surface area contributed by atoms with Gasteiger partial charge in [-0.15, -0.1) is 0 Å². The lowest BCUT2D eigenvalue weighted by molar-refractivity contribution is -0.134. The Bertz CT molecular complexity index is 1410. The molecular weight excluding hydrogens is 506 g/mol. The van der Waals surface area contributed by atoms with E-state index in [9.17, 15) is 23.2 Å². The van der Waals surface area contributed by atoms with Gasteiger partial charge in [0.25, 0.3) is 5.56 Å². The molecule has 1 saturated heterocycles. The van der Waals surface area contributed by atoms with Gasteiger partial charge in [-0.25, -0.2) is 17.6 Å². The fraction of sp³-hybridized carbons (Fsp3) is 0.208. The topological polar surface area (TPSA) is 105 Å². The van der Waals surface area contributed by atoms with Gasteiger partial charge in [0.15, 0.2) is 5.75 Å². The van der Waals surface area contributed by atoms with E-state index in [-0.39, 0.29) is 42.0 Å². The van der Waals surface area contributed by atoms with Crippen molar-refractivity contribution >= 4 is 23.4 Å². The van der Waals surface area contributed by atoms with Crippen molar-refractivity contribution in [3.8, 4) is 16.9 Å². The van der Waals surface area contributed by atoms with E-state index in [1.54, 1.807) is 0 Å². The van der Waals surface area contributed by atoms with Crippen LogP contribution in [0, 0.1) is 23.3 Å². The zero-order chi connectivity index (χ0) is 26.1. The highest BCUT2D eigenvalue weighted by molar-refractivity contribution is 6.32. The van der Waals surface area contributed by atoms with Gasteiger partial charge in [-0.2, -0.15) is 0 Å². The molecule has 4 rings (SSSR count). The standard InChI is InChI=1S/C24H18ClF4N3O4/c25-21-22(36-10-12-1-2-13(26)7-15(12)27)14(8-31-24(21)35)20-16(28)5-11(6-17(20)29)9-32-18(23(30)34)3-4-19(32)33/h1-2,5-8,18H,3-4,9-10H2,(H2,30,34)(H,31,35)/t18-/m0/s1. The van der Waals surface area contributed by atoms with E-state index >= 15 is 8.78 Å². The number of halogens is 5. The van der Waals surface area contributed by atoms with Crippen LogP contribution in [0.25, 0.3) is 11.1 Å². The number of H-pyrrole nitrogens is 1. The SMILES string of the molecule is NC(=O)[C@@H]1CCC(=O)N1Cc1cc(F)c(-c2c[nH]c(=O)c(Cl)c2OCc2ccc(F)cc2F)c(F)c1. The minimum atomic E-state index is -1.08. The molecule has 3 N–H and O–H groups in total. The van der Waals surface area contributed by atoms with Gasteiger partial charge in [-0.3, -0.25) is 14.4 Å². The van der Waals surface area contributed by atoms with Gasteiger partial charge in [-0.05, 0) is 36.2 Å². The summed E-state index contributed by atoms with van der Waals surface area (Å²) in [5.41, 5.74) is 3.59. The summed E-state index contributed by atoms with van der Waals surface area (Å²) in [6, 6.07) is 3.78. The van der Waals surface area contributed by atoms with E-state index in [1.807, 2.05) is 0 Å². The minimum absolute atomic E-state index is 0.0571. The summed E-state index contributed by atoms with van der Waals surface area (Å²) in [6.07, 6.45) is 1.28. The molecule has 0 aliphatic carbocycles. The summed E-state index contributed by atoms with van der Waals surface area (Å²) in [4.78, 5) is 39.1. The number of aromatic amines is 1. The van der Waals surface area contributed by atoms with E-state index in [0.29, 0.717) is 6.07 Å². The second-order valence-electron chi connectivity index (χ2n) is 8.11. The highest BCUT2D eigenvalue weighted by Crippen LogP contribution is 2.38. The van der Waals surface area contributed by atoms with Crippen LogP contribution >= 0.6 is 11.6 Å². The monoisotopic (exact) mass is 523 g/mol. The Hall–Kier alpha value is -3.86. The normalized spacial score (nSPS) is 15.4. The largest absolute Gasteiger partial charge is 0.486 e. The predicted molar refractivity (Wildman–Crippen MR) is 121 cm³/mol. The first-order chi connectivity index (χ1) is 17.1. The van der Waals surface area contributed by atoms with Crippen LogP contribution in [-0.4, -0.2) is 27.7 Å². The molecule has 1 fully saturated rings. The lowest BCUT2D eigenvalue weighted by Crippen LogP contribution is -2.41. The number of nitrogens with two attached hydrogens (primary N) is 1. The molecule has 1 aliphatic rings. The van der Waals surface area contributed by atoms with Crippen molar-refractivity contribution in [2.45, 2.75) is 32.0 Å². The molecule has 12 heteroatoms. The number of nitrogens with zero attached hydrogens (tertiary/aromatic N) is 1.